The molecule has 1 aromatic carbocycles. The predicted octanol–water partition coefficient (Wildman–Crippen LogP) is 3.90. The largest absolute Gasteiger partial charge is 0.480 e. The van der Waals surface area contributed by atoms with Gasteiger partial charge in [0.15, 0.2) is 0 Å². The van der Waals surface area contributed by atoms with Crippen molar-refractivity contribution >= 4 is 5.97 Å². The number of aliphatic carboxylic acids is 1. The molecule has 3 nitrogen and oxygen atoms in total. The van der Waals surface area contributed by atoms with Crippen molar-refractivity contribution in [3.8, 4) is 0 Å². The summed E-state index contributed by atoms with van der Waals surface area (Å²) < 4.78 is 0. The zero-order chi connectivity index (χ0) is 15.2. The number of hydrogen-bond acceptors (Lipinski definition) is 2. The Hall–Kier alpha value is -1.35. The summed E-state index contributed by atoms with van der Waals surface area (Å²) in [6.45, 7) is 4.46. The van der Waals surface area contributed by atoms with Crippen LogP contribution in [0, 0.1) is 0 Å². The molecule has 1 atom stereocenters. The molecule has 1 fully saturated rings. The minimum Gasteiger partial charge on any atom is -0.480 e. The van der Waals surface area contributed by atoms with Crippen molar-refractivity contribution in [2.24, 2.45) is 0 Å². The Kier molecular flexibility index (Phi) is 5.80. The number of carbonyl (C=O) groups is 1. The quantitative estimate of drug-likeness (QED) is 0.863. The van der Waals surface area contributed by atoms with E-state index in [4.69, 9.17) is 5.11 Å². The third kappa shape index (κ3) is 4.31. The summed E-state index contributed by atoms with van der Waals surface area (Å²) in [7, 11) is 0. The summed E-state index contributed by atoms with van der Waals surface area (Å²) in [5, 5.41) is 9.15. The molecule has 2 rings (SSSR count). The molecule has 1 aromatic rings. The van der Waals surface area contributed by atoms with E-state index in [1.807, 2.05) is 0 Å². The highest BCUT2D eigenvalue weighted by atomic mass is 16.4. The van der Waals surface area contributed by atoms with Gasteiger partial charge < -0.3 is 5.11 Å². The van der Waals surface area contributed by atoms with Gasteiger partial charge in [-0.1, -0.05) is 37.3 Å². The molecule has 0 amide bonds. The van der Waals surface area contributed by atoms with Crippen LogP contribution in [0.15, 0.2) is 30.3 Å². The first-order chi connectivity index (χ1) is 10.1. The molecule has 1 saturated carbocycles. The van der Waals surface area contributed by atoms with Crippen molar-refractivity contribution in [2.75, 3.05) is 6.54 Å². The highest BCUT2D eigenvalue weighted by Crippen LogP contribution is 2.35. The zero-order valence-electron chi connectivity index (χ0n) is 13.2. The molecular weight excluding hydrogens is 262 g/mol. The summed E-state index contributed by atoms with van der Waals surface area (Å²) in [4.78, 5) is 13.3. The van der Waals surface area contributed by atoms with Crippen LogP contribution in [0.4, 0.5) is 0 Å². The van der Waals surface area contributed by atoms with Gasteiger partial charge in [-0.25, -0.2) is 0 Å². The molecule has 116 valence electrons. The fourth-order valence-corrected chi connectivity index (χ4v) is 3.50. The Morgan fingerprint density at radius 1 is 1.24 bits per heavy atom. The summed E-state index contributed by atoms with van der Waals surface area (Å²) in [6, 6.07) is 11.5. The number of carboxylic acids is 1. The molecule has 0 radical (unpaired) electrons. The smallest absolute Gasteiger partial charge is 0.317 e. The van der Waals surface area contributed by atoms with Gasteiger partial charge in [0.1, 0.15) is 0 Å². The minimum absolute atomic E-state index is 0.176. The second kappa shape index (κ2) is 7.60. The molecule has 21 heavy (non-hydrogen) atoms. The summed E-state index contributed by atoms with van der Waals surface area (Å²) in [5.41, 5.74) is 1.43. The minimum atomic E-state index is -0.708. The first kappa shape index (κ1) is 16.0. The van der Waals surface area contributed by atoms with E-state index in [0.29, 0.717) is 18.0 Å². The number of hydrogen-bond donors (Lipinski definition) is 1. The zero-order valence-corrected chi connectivity index (χ0v) is 13.2. The van der Waals surface area contributed by atoms with Gasteiger partial charge in [-0.3, -0.25) is 9.69 Å². The molecule has 1 unspecified atom stereocenters. The monoisotopic (exact) mass is 289 g/mol. The van der Waals surface area contributed by atoms with Gasteiger partial charge in [-0.2, -0.15) is 0 Å². The van der Waals surface area contributed by atoms with E-state index in [1.165, 1.54) is 18.4 Å². The van der Waals surface area contributed by atoms with Crippen molar-refractivity contribution in [3.05, 3.63) is 35.9 Å². The highest BCUT2D eigenvalue weighted by molar-refractivity contribution is 5.69. The van der Waals surface area contributed by atoms with Crippen LogP contribution >= 0.6 is 0 Å². The lowest BCUT2D eigenvalue weighted by Gasteiger charge is -2.39. The van der Waals surface area contributed by atoms with E-state index in [9.17, 15) is 4.79 Å². The molecule has 3 heteroatoms. The van der Waals surface area contributed by atoms with Crippen molar-refractivity contribution in [1.29, 1.82) is 0 Å². The number of benzene rings is 1. The summed E-state index contributed by atoms with van der Waals surface area (Å²) >= 11 is 0. The Morgan fingerprint density at radius 3 is 2.38 bits per heavy atom. The lowest BCUT2D eigenvalue weighted by atomic mass is 9.81. The van der Waals surface area contributed by atoms with E-state index in [0.717, 1.165) is 19.3 Å². The molecule has 0 spiro atoms. The van der Waals surface area contributed by atoms with Gasteiger partial charge in [0.05, 0.1) is 6.54 Å². The van der Waals surface area contributed by atoms with Gasteiger partial charge in [0.2, 0.25) is 0 Å². The fraction of sp³-hybridized carbons (Fsp3) is 0.611. The molecule has 0 aromatic heterocycles. The standard InChI is InChI=1S/C18H27NO2/c1-3-14(2)19(13-18(20)21)17-11-9-16(10-12-17)15-7-5-4-6-8-15/h4-8,14,16-17H,3,9-13H2,1-2H3,(H,20,21). The molecular formula is C18H27NO2. The number of nitrogens with zero attached hydrogens (tertiary/aromatic N) is 1. The average Bonchev–Trinajstić information content (AvgIpc) is 2.53. The van der Waals surface area contributed by atoms with Gasteiger partial charge in [-0.15, -0.1) is 0 Å². The first-order valence-electron chi connectivity index (χ1n) is 8.14. The Bertz CT molecular complexity index is 438. The van der Waals surface area contributed by atoms with E-state index in [2.05, 4.69) is 49.1 Å². The van der Waals surface area contributed by atoms with Crippen LogP contribution in [0.3, 0.4) is 0 Å². The van der Waals surface area contributed by atoms with Gasteiger partial charge in [0.25, 0.3) is 0 Å². The third-order valence-electron chi connectivity index (χ3n) is 4.91. The molecule has 1 aliphatic rings. The van der Waals surface area contributed by atoms with Crippen molar-refractivity contribution in [3.63, 3.8) is 0 Å². The SMILES string of the molecule is CCC(C)N(CC(=O)O)C1CCC(c2ccccc2)CC1. The first-order valence-corrected chi connectivity index (χ1v) is 8.14. The molecule has 1 aliphatic carbocycles. The van der Waals surface area contributed by atoms with Crippen molar-refractivity contribution in [2.45, 2.75) is 64.0 Å². The van der Waals surface area contributed by atoms with Gasteiger partial charge >= 0.3 is 5.97 Å². The van der Waals surface area contributed by atoms with Crippen LogP contribution in [0.2, 0.25) is 0 Å². The fourth-order valence-electron chi connectivity index (χ4n) is 3.50. The van der Waals surface area contributed by atoms with Crippen LogP contribution in [0.25, 0.3) is 0 Å². The van der Waals surface area contributed by atoms with E-state index < -0.39 is 5.97 Å². The molecule has 0 bridgehead atoms. The van der Waals surface area contributed by atoms with Gasteiger partial charge in [-0.05, 0) is 50.5 Å². The topological polar surface area (TPSA) is 40.5 Å². The van der Waals surface area contributed by atoms with Crippen LogP contribution in [0.5, 0.6) is 0 Å². The van der Waals surface area contributed by atoms with Crippen molar-refractivity contribution in [1.82, 2.24) is 4.90 Å². The highest BCUT2D eigenvalue weighted by Gasteiger charge is 2.29. The lowest BCUT2D eigenvalue weighted by Crippen LogP contribution is -2.46. The Labute approximate surface area is 128 Å². The maximum Gasteiger partial charge on any atom is 0.317 e. The summed E-state index contributed by atoms with van der Waals surface area (Å²) in [6.07, 6.45) is 5.56. The summed E-state index contributed by atoms with van der Waals surface area (Å²) in [5.74, 6) is -0.0634. The lowest BCUT2D eigenvalue weighted by molar-refractivity contribution is -0.139. The molecule has 0 aliphatic heterocycles. The van der Waals surface area contributed by atoms with Crippen LogP contribution in [0.1, 0.15) is 57.4 Å². The second-order valence-corrected chi connectivity index (χ2v) is 6.24. The molecule has 0 heterocycles. The van der Waals surface area contributed by atoms with E-state index >= 15 is 0 Å². The second-order valence-electron chi connectivity index (χ2n) is 6.24. The predicted molar refractivity (Wildman–Crippen MR) is 85.5 cm³/mol. The van der Waals surface area contributed by atoms with Crippen LogP contribution in [-0.4, -0.2) is 34.6 Å². The number of rotatable bonds is 6. The maximum atomic E-state index is 11.1. The normalized spacial score (nSPS) is 24.0. The molecule has 1 N–H and O–H groups in total. The van der Waals surface area contributed by atoms with E-state index in [-0.39, 0.29) is 6.54 Å². The third-order valence-corrected chi connectivity index (χ3v) is 4.91. The Balaban J connectivity index is 1.96. The number of carboxylic acid groups (broad SMARTS) is 1. The maximum absolute atomic E-state index is 11.1. The van der Waals surface area contributed by atoms with Crippen LogP contribution < -0.4 is 0 Å². The molecule has 0 saturated heterocycles. The Morgan fingerprint density at radius 2 is 1.86 bits per heavy atom. The van der Waals surface area contributed by atoms with E-state index in [1.54, 1.807) is 0 Å². The van der Waals surface area contributed by atoms with Crippen molar-refractivity contribution < 1.29 is 9.90 Å². The van der Waals surface area contributed by atoms with Gasteiger partial charge in [0, 0.05) is 12.1 Å². The average molecular weight is 289 g/mol. The van der Waals surface area contributed by atoms with Crippen LogP contribution in [-0.2, 0) is 4.79 Å².